The molecule has 0 heterocycles. The minimum atomic E-state index is -3.65. The van der Waals surface area contributed by atoms with E-state index in [0.717, 1.165) is 12.8 Å². The van der Waals surface area contributed by atoms with Crippen LogP contribution in [0.1, 0.15) is 19.8 Å². The second-order valence-electron chi connectivity index (χ2n) is 3.92. The van der Waals surface area contributed by atoms with Gasteiger partial charge in [0.15, 0.2) is 0 Å². The monoisotopic (exact) mass is 193 g/mol. The summed E-state index contributed by atoms with van der Waals surface area (Å²) in [5.41, 5.74) is 0.120. The molecule has 1 fully saturated rings. The predicted molar refractivity (Wildman–Crippen MR) is 42.8 cm³/mol. The van der Waals surface area contributed by atoms with E-state index in [0.29, 0.717) is 6.54 Å². The fraction of sp³-hybridized carbons (Fsp3) is 0.875. The molecule has 0 bridgehead atoms. The van der Waals surface area contributed by atoms with Crippen molar-refractivity contribution in [3.63, 3.8) is 0 Å². The third-order valence-electron chi connectivity index (χ3n) is 2.32. The summed E-state index contributed by atoms with van der Waals surface area (Å²) in [6.07, 6.45) is 2.05. The molecule has 0 atom stereocenters. The summed E-state index contributed by atoms with van der Waals surface area (Å²) < 4.78 is 25.0. The molecule has 0 amide bonds. The molecule has 2 N–H and O–H groups in total. The van der Waals surface area contributed by atoms with Gasteiger partial charge < -0.3 is 10.4 Å². The zero-order valence-corrected chi connectivity index (χ0v) is 7.44. The fourth-order valence-electron chi connectivity index (χ4n) is 0.987. The summed E-state index contributed by atoms with van der Waals surface area (Å²) in [5.74, 6) is -5.72. The molecule has 0 aromatic rings. The van der Waals surface area contributed by atoms with Gasteiger partial charge in [-0.1, -0.05) is 6.92 Å². The van der Waals surface area contributed by atoms with Crippen molar-refractivity contribution < 1.29 is 18.7 Å². The van der Waals surface area contributed by atoms with E-state index in [2.05, 4.69) is 5.32 Å². The molecule has 0 spiro atoms. The number of carbonyl (C=O) groups is 1. The van der Waals surface area contributed by atoms with Gasteiger partial charge in [0.1, 0.15) is 0 Å². The Morgan fingerprint density at radius 2 is 2.15 bits per heavy atom. The number of carboxylic acid groups (broad SMARTS) is 1. The van der Waals surface area contributed by atoms with E-state index in [9.17, 15) is 13.6 Å². The highest BCUT2D eigenvalue weighted by Crippen LogP contribution is 2.44. The number of hydrogen-bond acceptors (Lipinski definition) is 2. The normalized spacial score (nSPS) is 19.9. The second kappa shape index (κ2) is 3.21. The Morgan fingerprint density at radius 3 is 2.54 bits per heavy atom. The molecule has 5 heteroatoms. The summed E-state index contributed by atoms with van der Waals surface area (Å²) in [6.45, 7) is 1.67. The lowest BCUT2D eigenvalue weighted by Gasteiger charge is -2.14. The van der Waals surface area contributed by atoms with Gasteiger partial charge >= 0.3 is 11.9 Å². The lowest BCUT2D eigenvalue weighted by molar-refractivity contribution is -0.164. The lowest BCUT2D eigenvalue weighted by Crippen LogP contribution is -2.41. The maximum Gasteiger partial charge on any atom is 0.375 e. The number of nitrogens with one attached hydrogen (secondary N) is 1. The number of carboxylic acids is 1. The van der Waals surface area contributed by atoms with E-state index >= 15 is 0 Å². The van der Waals surface area contributed by atoms with E-state index in [-0.39, 0.29) is 5.41 Å². The van der Waals surface area contributed by atoms with Gasteiger partial charge in [-0.25, -0.2) is 4.79 Å². The van der Waals surface area contributed by atoms with E-state index in [4.69, 9.17) is 5.11 Å². The first-order valence-corrected chi connectivity index (χ1v) is 4.18. The third-order valence-corrected chi connectivity index (χ3v) is 2.32. The van der Waals surface area contributed by atoms with Crippen LogP contribution in [0.5, 0.6) is 0 Å². The predicted octanol–water partition coefficient (Wildman–Crippen LogP) is 1.10. The SMILES string of the molecule is CC1(CNCC(F)(F)C(=O)O)CC1. The van der Waals surface area contributed by atoms with Crippen LogP contribution in [0, 0.1) is 5.41 Å². The standard InChI is InChI=1S/C8H13F2NO2/c1-7(2-3-7)4-11-5-8(9,10)6(12)13/h11H,2-5H2,1H3,(H,12,13). The average Bonchev–Trinajstić information content (AvgIpc) is 2.67. The van der Waals surface area contributed by atoms with E-state index < -0.39 is 18.4 Å². The van der Waals surface area contributed by atoms with Crippen molar-refractivity contribution in [1.29, 1.82) is 0 Å². The molecule has 0 unspecified atom stereocenters. The van der Waals surface area contributed by atoms with Crippen LogP contribution in [-0.2, 0) is 4.79 Å². The largest absolute Gasteiger partial charge is 0.477 e. The molecule has 1 saturated carbocycles. The number of halogens is 2. The molecule has 0 radical (unpaired) electrons. The van der Waals surface area contributed by atoms with Crippen LogP contribution >= 0.6 is 0 Å². The molecule has 0 saturated heterocycles. The van der Waals surface area contributed by atoms with Crippen LogP contribution in [0.3, 0.4) is 0 Å². The zero-order valence-electron chi connectivity index (χ0n) is 7.44. The Balaban J connectivity index is 2.21. The van der Waals surface area contributed by atoms with Gasteiger partial charge in [0.05, 0.1) is 6.54 Å². The van der Waals surface area contributed by atoms with Crippen molar-refractivity contribution in [2.45, 2.75) is 25.7 Å². The number of alkyl halides is 2. The molecule has 1 rings (SSSR count). The molecule has 13 heavy (non-hydrogen) atoms. The number of aliphatic carboxylic acids is 1. The molecule has 76 valence electrons. The van der Waals surface area contributed by atoms with E-state index in [1.54, 1.807) is 0 Å². The van der Waals surface area contributed by atoms with Crippen LogP contribution in [0.25, 0.3) is 0 Å². The van der Waals surface area contributed by atoms with Gasteiger partial charge in [0.2, 0.25) is 0 Å². The summed E-state index contributed by atoms with van der Waals surface area (Å²) in [5, 5.41) is 10.6. The first-order chi connectivity index (χ1) is 5.86. The Kier molecular flexibility index (Phi) is 2.56. The molecular formula is C8H13F2NO2. The van der Waals surface area contributed by atoms with Gasteiger partial charge in [-0.05, 0) is 18.3 Å². The fourth-order valence-corrected chi connectivity index (χ4v) is 0.987. The van der Waals surface area contributed by atoms with Crippen LogP contribution in [-0.4, -0.2) is 30.1 Å². The average molecular weight is 193 g/mol. The molecule has 3 nitrogen and oxygen atoms in total. The van der Waals surface area contributed by atoms with E-state index in [1.807, 2.05) is 6.92 Å². The molecule has 1 aliphatic carbocycles. The number of hydrogen-bond donors (Lipinski definition) is 2. The molecular weight excluding hydrogens is 180 g/mol. The topological polar surface area (TPSA) is 49.3 Å². The van der Waals surface area contributed by atoms with Crippen molar-refractivity contribution in [3.05, 3.63) is 0 Å². The lowest BCUT2D eigenvalue weighted by atomic mass is 10.1. The van der Waals surface area contributed by atoms with Gasteiger partial charge in [0.25, 0.3) is 0 Å². The minimum absolute atomic E-state index is 0.120. The minimum Gasteiger partial charge on any atom is -0.477 e. The van der Waals surface area contributed by atoms with E-state index in [1.165, 1.54) is 0 Å². The summed E-state index contributed by atoms with van der Waals surface area (Å²) in [6, 6.07) is 0. The van der Waals surface area contributed by atoms with Gasteiger partial charge in [0, 0.05) is 6.54 Å². The smallest absolute Gasteiger partial charge is 0.375 e. The molecule has 0 aromatic heterocycles. The van der Waals surface area contributed by atoms with Gasteiger partial charge in [-0.3, -0.25) is 0 Å². The van der Waals surface area contributed by atoms with Crippen molar-refractivity contribution in [3.8, 4) is 0 Å². The summed E-state index contributed by atoms with van der Waals surface area (Å²) in [7, 11) is 0. The number of rotatable bonds is 5. The van der Waals surface area contributed by atoms with Crippen molar-refractivity contribution >= 4 is 5.97 Å². The van der Waals surface area contributed by atoms with Crippen molar-refractivity contribution in [2.75, 3.05) is 13.1 Å². The van der Waals surface area contributed by atoms with Gasteiger partial charge in [-0.15, -0.1) is 0 Å². The first kappa shape index (κ1) is 10.4. The highest BCUT2D eigenvalue weighted by atomic mass is 19.3. The van der Waals surface area contributed by atoms with Crippen LogP contribution in [0.4, 0.5) is 8.78 Å². The summed E-state index contributed by atoms with van der Waals surface area (Å²) in [4.78, 5) is 10.0. The molecule has 1 aliphatic rings. The third kappa shape index (κ3) is 2.91. The van der Waals surface area contributed by atoms with Crippen molar-refractivity contribution in [2.24, 2.45) is 5.41 Å². The Morgan fingerprint density at radius 1 is 1.62 bits per heavy atom. The maximum absolute atomic E-state index is 12.5. The maximum atomic E-state index is 12.5. The van der Waals surface area contributed by atoms with Crippen LogP contribution < -0.4 is 5.32 Å². The Labute approximate surface area is 75.1 Å². The quantitative estimate of drug-likeness (QED) is 0.687. The van der Waals surface area contributed by atoms with Crippen LogP contribution in [0.2, 0.25) is 0 Å². The van der Waals surface area contributed by atoms with Gasteiger partial charge in [-0.2, -0.15) is 8.78 Å². The highest BCUT2D eigenvalue weighted by Gasteiger charge is 2.41. The van der Waals surface area contributed by atoms with Crippen molar-refractivity contribution in [1.82, 2.24) is 5.32 Å². The zero-order chi connectivity index (χ0) is 10.1. The second-order valence-corrected chi connectivity index (χ2v) is 3.92. The Hall–Kier alpha value is -0.710. The highest BCUT2D eigenvalue weighted by molar-refractivity contribution is 5.75. The Bertz CT molecular complexity index is 214. The first-order valence-electron chi connectivity index (χ1n) is 4.18. The summed E-state index contributed by atoms with van der Waals surface area (Å²) >= 11 is 0. The molecule has 0 aliphatic heterocycles. The molecule has 0 aromatic carbocycles. The van der Waals surface area contributed by atoms with Crippen LogP contribution in [0.15, 0.2) is 0 Å².